The summed E-state index contributed by atoms with van der Waals surface area (Å²) in [6, 6.07) is 0. The number of ether oxygens (including phenoxy) is 1. The molecule has 0 unspecified atom stereocenters. The first-order valence-electron chi connectivity index (χ1n) is 1.82. The number of nitro groups is 1. The molecule has 1 heterocycles. The summed E-state index contributed by atoms with van der Waals surface area (Å²) in [4.78, 5) is 9.09. The lowest BCUT2D eigenvalue weighted by molar-refractivity contribution is -0.458. The zero-order chi connectivity index (χ0) is 5.98. The van der Waals surface area contributed by atoms with Crippen LogP contribution >= 0.6 is 0 Å². The van der Waals surface area contributed by atoms with Crippen LogP contribution in [0.25, 0.3) is 0 Å². The third-order valence-electron chi connectivity index (χ3n) is 0.590. The van der Waals surface area contributed by atoms with Gasteiger partial charge < -0.3 is 10.1 Å². The van der Waals surface area contributed by atoms with E-state index in [1.54, 1.807) is 0 Å². The van der Waals surface area contributed by atoms with Gasteiger partial charge in [-0.15, -0.1) is 0 Å². The second-order valence-corrected chi connectivity index (χ2v) is 1.09. The van der Waals surface area contributed by atoms with E-state index in [1.807, 2.05) is 0 Å². The molecule has 0 aromatic rings. The van der Waals surface area contributed by atoms with Crippen molar-refractivity contribution >= 4 is 0 Å². The molecule has 42 valence electrons. The standard InChI is InChI=1S/C3H2N2O3/c6-5(7)3-1-4-2-8-3/h1,4H. The molecule has 8 heavy (non-hydrogen) atoms. The molecule has 5 heteroatoms. The number of rotatable bonds is 1. The summed E-state index contributed by atoms with van der Waals surface area (Å²) >= 11 is 0. The van der Waals surface area contributed by atoms with E-state index >= 15 is 0 Å². The van der Waals surface area contributed by atoms with Gasteiger partial charge in [-0.25, -0.2) is 0 Å². The summed E-state index contributed by atoms with van der Waals surface area (Å²) < 4.78 is 4.22. The third kappa shape index (κ3) is 0.699. The van der Waals surface area contributed by atoms with E-state index in [0.29, 0.717) is 0 Å². The van der Waals surface area contributed by atoms with Crippen molar-refractivity contribution in [3.63, 3.8) is 0 Å². The lowest BCUT2D eigenvalue weighted by atomic mass is 10.9. The number of hydrogen-bond donors (Lipinski definition) is 1. The molecule has 0 fully saturated rings. The molecule has 0 aliphatic carbocycles. The Labute approximate surface area is 45.1 Å². The fourth-order valence-corrected chi connectivity index (χ4v) is 0.292. The van der Waals surface area contributed by atoms with Crippen molar-refractivity contribution in [3.8, 4) is 0 Å². The number of hydrogen-bond acceptors (Lipinski definition) is 4. The summed E-state index contributed by atoms with van der Waals surface area (Å²) in [7, 11) is 0. The van der Waals surface area contributed by atoms with E-state index in [9.17, 15) is 10.1 Å². The Kier molecular flexibility index (Phi) is 1.03. The SMILES string of the molecule is O=[N+]([O-])C1=CN[C]O1. The maximum Gasteiger partial charge on any atom is 0.446 e. The topological polar surface area (TPSA) is 64.4 Å². The van der Waals surface area contributed by atoms with Crippen LogP contribution in [0.3, 0.4) is 0 Å². The molecular weight excluding hydrogens is 112 g/mol. The molecule has 1 aliphatic heterocycles. The maximum absolute atomic E-state index is 9.73. The van der Waals surface area contributed by atoms with Gasteiger partial charge in [-0.3, -0.25) is 10.1 Å². The monoisotopic (exact) mass is 114 g/mol. The van der Waals surface area contributed by atoms with Crippen LogP contribution < -0.4 is 5.32 Å². The van der Waals surface area contributed by atoms with Crippen LogP contribution in [-0.2, 0) is 4.74 Å². The summed E-state index contributed by atoms with van der Waals surface area (Å²) in [5, 5.41) is 12.0. The van der Waals surface area contributed by atoms with Crippen molar-refractivity contribution in [2.45, 2.75) is 0 Å². The average molecular weight is 114 g/mol. The third-order valence-corrected chi connectivity index (χ3v) is 0.590. The summed E-state index contributed by atoms with van der Waals surface area (Å²) in [5.74, 6) is -0.329. The highest BCUT2D eigenvalue weighted by Gasteiger charge is 2.17. The predicted molar refractivity (Wildman–Crippen MR) is 22.5 cm³/mol. The molecule has 0 aromatic heterocycles. The van der Waals surface area contributed by atoms with Gasteiger partial charge in [0.15, 0.2) is 0 Å². The fraction of sp³-hybridized carbons (Fsp3) is 0. The Morgan fingerprint density at radius 2 is 2.75 bits per heavy atom. The zero-order valence-corrected chi connectivity index (χ0v) is 3.75. The number of nitrogens with zero attached hydrogens (tertiary/aromatic N) is 1. The van der Waals surface area contributed by atoms with Crippen molar-refractivity contribution in [1.29, 1.82) is 0 Å². The Morgan fingerprint density at radius 3 is 3.00 bits per heavy atom. The van der Waals surface area contributed by atoms with Crippen molar-refractivity contribution < 1.29 is 9.66 Å². The Morgan fingerprint density at radius 1 is 2.00 bits per heavy atom. The Balaban J connectivity index is 2.57. The normalized spacial score (nSPS) is 16.2. The van der Waals surface area contributed by atoms with Crippen molar-refractivity contribution in [2.75, 3.05) is 0 Å². The molecule has 0 aromatic carbocycles. The van der Waals surface area contributed by atoms with E-state index < -0.39 is 4.92 Å². The summed E-state index contributed by atoms with van der Waals surface area (Å²) in [5.41, 5.74) is 0. The minimum atomic E-state index is -0.646. The molecule has 1 aliphatic rings. The van der Waals surface area contributed by atoms with Gasteiger partial charge >= 0.3 is 12.6 Å². The molecule has 0 bridgehead atoms. The summed E-state index contributed by atoms with van der Waals surface area (Å²) in [6.07, 6.45) is 1.11. The van der Waals surface area contributed by atoms with Crippen LogP contribution in [0, 0.1) is 16.8 Å². The first-order chi connectivity index (χ1) is 3.80. The first kappa shape index (κ1) is 4.89. The van der Waals surface area contributed by atoms with Crippen molar-refractivity contribution in [1.82, 2.24) is 5.32 Å². The highest BCUT2D eigenvalue weighted by atomic mass is 16.7. The predicted octanol–water partition coefficient (Wildman–Crippen LogP) is -0.322. The lowest BCUT2D eigenvalue weighted by Gasteiger charge is -1.85. The molecule has 0 atom stereocenters. The van der Waals surface area contributed by atoms with E-state index in [2.05, 4.69) is 16.8 Å². The molecule has 1 N–H and O–H groups in total. The van der Waals surface area contributed by atoms with Gasteiger partial charge in [0, 0.05) is 0 Å². The second kappa shape index (κ2) is 1.69. The van der Waals surface area contributed by atoms with Gasteiger partial charge in [-0.2, -0.15) is 0 Å². The molecule has 0 amide bonds. The largest absolute Gasteiger partial charge is 0.446 e. The van der Waals surface area contributed by atoms with Crippen LogP contribution in [0.5, 0.6) is 0 Å². The van der Waals surface area contributed by atoms with Gasteiger partial charge in [0.2, 0.25) is 0 Å². The van der Waals surface area contributed by atoms with Crippen LogP contribution in [-0.4, -0.2) is 4.92 Å². The first-order valence-corrected chi connectivity index (χ1v) is 1.82. The average Bonchev–Trinajstić information content (AvgIpc) is 2.12. The van der Waals surface area contributed by atoms with Gasteiger partial charge in [0.25, 0.3) is 0 Å². The quantitative estimate of drug-likeness (QED) is 0.374. The molecule has 1 rings (SSSR count). The van der Waals surface area contributed by atoms with Gasteiger partial charge in [-0.1, -0.05) is 0 Å². The molecular formula is C3H2N2O3. The summed E-state index contributed by atoms with van der Waals surface area (Å²) in [6.45, 7) is 2.07. The lowest BCUT2D eigenvalue weighted by Crippen LogP contribution is -1.96. The highest BCUT2D eigenvalue weighted by molar-refractivity contribution is 4.88. The van der Waals surface area contributed by atoms with Crippen molar-refractivity contribution in [3.05, 3.63) is 28.9 Å². The zero-order valence-electron chi connectivity index (χ0n) is 3.75. The molecule has 0 saturated carbocycles. The minimum absolute atomic E-state index is 0.329. The van der Waals surface area contributed by atoms with Crippen LogP contribution in [0.1, 0.15) is 0 Å². The molecule has 0 spiro atoms. The van der Waals surface area contributed by atoms with Gasteiger partial charge in [0.05, 0.1) is 0 Å². The second-order valence-electron chi connectivity index (χ2n) is 1.09. The van der Waals surface area contributed by atoms with E-state index in [4.69, 9.17) is 0 Å². The van der Waals surface area contributed by atoms with Crippen LogP contribution in [0.4, 0.5) is 0 Å². The highest BCUT2D eigenvalue weighted by Crippen LogP contribution is 2.02. The van der Waals surface area contributed by atoms with E-state index in [1.165, 1.54) is 0 Å². The molecule has 0 saturated heterocycles. The minimum Gasteiger partial charge on any atom is -0.399 e. The van der Waals surface area contributed by atoms with Crippen LogP contribution in [0.15, 0.2) is 12.1 Å². The van der Waals surface area contributed by atoms with Crippen molar-refractivity contribution in [2.24, 2.45) is 0 Å². The Bertz CT molecular complexity index is 141. The molecule has 5 nitrogen and oxygen atoms in total. The van der Waals surface area contributed by atoms with E-state index in [0.717, 1.165) is 6.20 Å². The fourth-order valence-electron chi connectivity index (χ4n) is 0.292. The Hall–Kier alpha value is -1.26. The van der Waals surface area contributed by atoms with Gasteiger partial charge in [-0.05, 0) is 0 Å². The van der Waals surface area contributed by atoms with E-state index in [-0.39, 0.29) is 5.88 Å². The maximum atomic E-state index is 9.73. The smallest absolute Gasteiger partial charge is 0.399 e. The van der Waals surface area contributed by atoms with Gasteiger partial charge in [0.1, 0.15) is 11.1 Å². The van der Waals surface area contributed by atoms with Crippen LogP contribution in [0.2, 0.25) is 0 Å². The molecule has 2 radical (unpaired) electrons. The number of nitrogens with one attached hydrogen (secondary N) is 1.